The first kappa shape index (κ1) is 19.8. The average Bonchev–Trinajstić information content (AvgIpc) is 3.39. The van der Waals surface area contributed by atoms with Crippen molar-refractivity contribution in [1.82, 2.24) is 15.6 Å². The fourth-order valence-corrected chi connectivity index (χ4v) is 3.89. The van der Waals surface area contributed by atoms with Crippen LogP contribution >= 0.6 is 11.3 Å². The molecule has 0 aliphatic carbocycles. The number of hydrogen-bond donors (Lipinski definition) is 2. The maximum atomic E-state index is 12.2. The number of carbonyl (C=O) groups is 2. The average molecular weight is 420 g/mol. The predicted octanol–water partition coefficient (Wildman–Crippen LogP) is 4.22. The van der Waals surface area contributed by atoms with Gasteiger partial charge in [0.1, 0.15) is 5.76 Å². The number of rotatable bonds is 6. The Morgan fingerprint density at radius 1 is 1.00 bits per heavy atom. The fraction of sp³-hybridized carbons (Fsp3) is 0.174. The van der Waals surface area contributed by atoms with Crippen LogP contribution in [0.2, 0.25) is 0 Å². The van der Waals surface area contributed by atoms with Crippen molar-refractivity contribution in [1.29, 1.82) is 0 Å². The van der Waals surface area contributed by atoms with Crippen LogP contribution in [-0.2, 0) is 11.3 Å². The molecule has 0 atom stereocenters. The minimum atomic E-state index is -0.287. The number of hydrogen-bond acceptors (Lipinski definition) is 5. The van der Waals surface area contributed by atoms with Gasteiger partial charge in [0, 0.05) is 5.56 Å². The Morgan fingerprint density at radius 3 is 2.63 bits per heavy atom. The summed E-state index contributed by atoms with van der Waals surface area (Å²) in [6, 6.07) is 17.0. The number of amides is 2. The topological polar surface area (TPSA) is 84.2 Å². The molecular formula is C23H21N3O3S. The first-order valence-electron chi connectivity index (χ1n) is 9.56. The van der Waals surface area contributed by atoms with Crippen LogP contribution in [-0.4, -0.2) is 23.3 Å². The van der Waals surface area contributed by atoms with Crippen LogP contribution in [0, 0.1) is 13.8 Å². The molecule has 0 saturated heterocycles. The van der Waals surface area contributed by atoms with Crippen molar-refractivity contribution in [2.45, 2.75) is 20.4 Å². The minimum Gasteiger partial charge on any atom is -0.457 e. The van der Waals surface area contributed by atoms with E-state index in [1.165, 1.54) is 0 Å². The third kappa shape index (κ3) is 4.41. The number of benzene rings is 2. The Morgan fingerprint density at radius 2 is 1.83 bits per heavy atom. The van der Waals surface area contributed by atoms with Crippen molar-refractivity contribution < 1.29 is 14.0 Å². The molecule has 0 saturated carbocycles. The van der Waals surface area contributed by atoms with E-state index in [9.17, 15) is 9.59 Å². The molecule has 152 valence electrons. The van der Waals surface area contributed by atoms with Gasteiger partial charge in [-0.25, -0.2) is 4.98 Å². The van der Waals surface area contributed by atoms with Crippen molar-refractivity contribution in [2.24, 2.45) is 0 Å². The zero-order valence-corrected chi connectivity index (χ0v) is 17.5. The smallest absolute Gasteiger partial charge is 0.251 e. The molecule has 7 heteroatoms. The number of nitrogens with zero attached hydrogens (tertiary/aromatic N) is 1. The number of furan rings is 1. The van der Waals surface area contributed by atoms with Crippen LogP contribution in [0.5, 0.6) is 0 Å². The van der Waals surface area contributed by atoms with E-state index in [1.807, 2.05) is 62.4 Å². The number of thiazole rings is 1. The van der Waals surface area contributed by atoms with E-state index in [4.69, 9.17) is 4.42 Å². The lowest BCUT2D eigenvalue weighted by molar-refractivity contribution is -0.120. The zero-order valence-electron chi connectivity index (χ0n) is 16.7. The molecule has 2 N–H and O–H groups in total. The molecule has 4 rings (SSSR count). The summed E-state index contributed by atoms with van der Waals surface area (Å²) in [7, 11) is 0. The van der Waals surface area contributed by atoms with Gasteiger partial charge < -0.3 is 15.1 Å². The number of nitrogens with one attached hydrogen (secondary N) is 2. The molecule has 6 nitrogen and oxygen atoms in total. The molecule has 0 unspecified atom stereocenters. The van der Waals surface area contributed by atoms with E-state index in [1.54, 1.807) is 17.4 Å². The maximum absolute atomic E-state index is 12.2. The summed E-state index contributed by atoms with van der Waals surface area (Å²) in [6.45, 7) is 4.08. The van der Waals surface area contributed by atoms with Gasteiger partial charge >= 0.3 is 0 Å². The van der Waals surface area contributed by atoms with E-state index in [0.29, 0.717) is 17.1 Å². The standard InChI is InChI=1S/C23H21N3O3S/c1-14-7-8-16(11-15(14)2)22(28)25-13-21(27)24-12-17-9-10-19(29-17)23-26-18-5-3-4-6-20(18)30-23/h3-11H,12-13H2,1-2H3,(H,24,27)(H,25,28). The third-order valence-corrected chi connectivity index (χ3v) is 5.86. The molecule has 0 bridgehead atoms. The lowest BCUT2D eigenvalue weighted by atomic mass is 10.1. The molecule has 2 heterocycles. The molecule has 0 aliphatic rings. The van der Waals surface area contributed by atoms with Crippen LogP contribution in [0.15, 0.2) is 59.0 Å². The number of aryl methyl sites for hydroxylation is 2. The molecular weight excluding hydrogens is 398 g/mol. The SMILES string of the molecule is Cc1ccc(C(=O)NCC(=O)NCc2ccc(-c3nc4ccccc4s3)o2)cc1C. The Kier molecular flexibility index (Phi) is 5.63. The highest BCUT2D eigenvalue weighted by molar-refractivity contribution is 7.21. The van der Waals surface area contributed by atoms with E-state index in [-0.39, 0.29) is 24.9 Å². The largest absolute Gasteiger partial charge is 0.457 e. The monoisotopic (exact) mass is 419 g/mol. The Bertz CT molecular complexity index is 1190. The fourth-order valence-electron chi connectivity index (χ4n) is 2.96. The van der Waals surface area contributed by atoms with Crippen LogP contribution in [0.1, 0.15) is 27.2 Å². The first-order chi connectivity index (χ1) is 14.5. The maximum Gasteiger partial charge on any atom is 0.251 e. The van der Waals surface area contributed by atoms with Gasteiger partial charge in [-0.15, -0.1) is 11.3 Å². The number of aromatic nitrogens is 1. The number of carbonyl (C=O) groups excluding carboxylic acids is 2. The Hall–Kier alpha value is -3.45. The molecule has 0 aliphatic heterocycles. The molecule has 2 aromatic carbocycles. The summed E-state index contributed by atoms with van der Waals surface area (Å²) in [5.41, 5.74) is 3.63. The quantitative estimate of drug-likeness (QED) is 0.490. The highest BCUT2D eigenvalue weighted by Crippen LogP contribution is 2.31. The van der Waals surface area contributed by atoms with Gasteiger partial charge in [-0.05, 0) is 61.4 Å². The van der Waals surface area contributed by atoms with Crippen molar-refractivity contribution in [3.63, 3.8) is 0 Å². The molecule has 0 radical (unpaired) electrons. The number of para-hydroxylation sites is 1. The Balaban J connectivity index is 1.30. The zero-order chi connectivity index (χ0) is 21.1. The van der Waals surface area contributed by atoms with Crippen LogP contribution < -0.4 is 10.6 Å². The van der Waals surface area contributed by atoms with Crippen molar-refractivity contribution in [3.05, 3.63) is 77.0 Å². The normalized spacial score (nSPS) is 10.9. The number of fused-ring (bicyclic) bond motifs is 1. The molecule has 2 amide bonds. The lowest BCUT2D eigenvalue weighted by Crippen LogP contribution is -2.36. The molecule has 0 fully saturated rings. The molecule has 4 aromatic rings. The highest BCUT2D eigenvalue weighted by Gasteiger charge is 2.12. The lowest BCUT2D eigenvalue weighted by Gasteiger charge is -2.07. The summed E-state index contributed by atoms with van der Waals surface area (Å²) in [6.07, 6.45) is 0. The molecule has 2 aromatic heterocycles. The van der Waals surface area contributed by atoms with Gasteiger partial charge in [-0.1, -0.05) is 18.2 Å². The summed E-state index contributed by atoms with van der Waals surface area (Å²) in [5, 5.41) is 6.19. The van der Waals surface area contributed by atoms with Gasteiger partial charge in [-0.2, -0.15) is 0 Å². The highest BCUT2D eigenvalue weighted by atomic mass is 32.1. The van der Waals surface area contributed by atoms with Crippen molar-refractivity contribution in [2.75, 3.05) is 6.54 Å². The summed E-state index contributed by atoms with van der Waals surface area (Å²) >= 11 is 1.56. The van der Waals surface area contributed by atoms with E-state index in [2.05, 4.69) is 15.6 Å². The summed E-state index contributed by atoms with van der Waals surface area (Å²) in [4.78, 5) is 28.9. The summed E-state index contributed by atoms with van der Waals surface area (Å²) < 4.78 is 6.91. The Labute approximate surface area is 177 Å². The third-order valence-electron chi connectivity index (χ3n) is 4.80. The van der Waals surface area contributed by atoms with Crippen LogP contribution in [0.3, 0.4) is 0 Å². The van der Waals surface area contributed by atoms with Crippen LogP contribution in [0.25, 0.3) is 21.0 Å². The van der Waals surface area contributed by atoms with Gasteiger partial charge in [0.25, 0.3) is 5.91 Å². The van der Waals surface area contributed by atoms with E-state index < -0.39 is 0 Å². The molecule has 30 heavy (non-hydrogen) atoms. The van der Waals surface area contributed by atoms with Gasteiger partial charge in [-0.3, -0.25) is 9.59 Å². The van der Waals surface area contributed by atoms with Gasteiger partial charge in [0.05, 0.1) is 23.3 Å². The van der Waals surface area contributed by atoms with Gasteiger partial charge in [0.2, 0.25) is 5.91 Å². The summed E-state index contributed by atoms with van der Waals surface area (Å²) in [5.74, 6) is 0.732. The second-order valence-corrected chi connectivity index (χ2v) is 8.04. The van der Waals surface area contributed by atoms with Crippen LogP contribution in [0.4, 0.5) is 0 Å². The minimum absolute atomic E-state index is 0.100. The van der Waals surface area contributed by atoms with Gasteiger partial charge in [0.15, 0.2) is 10.8 Å². The second-order valence-electron chi connectivity index (χ2n) is 7.01. The van der Waals surface area contributed by atoms with E-state index >= 15 is 0 Å². The van der Waals surface area contributed by atoms with Crippen molar-refractivity contribution in [3.8, 4) is 10.8 Å². The van der Waals surface area contributed by atoms with E-state index in [0.717, 1.165) is 26.4 Å². The first-order valence-corrected chi connectivity index (χ1v) is 10.4. The predicted molar refractivity (Wildman–Crippen MR) is 117 cm³/mol. The van der Waals surface area contributed by atoms with Crippen molar-refractivity contribution >= 4 is 33.4 Å². The second kappa shape index (κ2) is 8.51. The molecule has 0 spiro atoms.